The van der Waals surface area contributed by atoms with E-state index in [-0.39, 0.29) is 31.0 Å². The number of hydrogen-bond donors (Lipinski definition) is 1. The maximum Gasteiger partial charge on any atom is 0.311 e. The fourth-order valence-corrected chi connectivity index (χ4v) is 9.04. The molecule has 3 aliphatic rings. The van der Waals surface area contributed by atoms with Crippen LogP contribution in [0, 0.1) is 25.7 Å². The quantitative estimate of drug-likeness (QED) is 0.265. The fraction of sp³-hybridized carbons (Fsp3) is 0.621. The summed E-state index contributed by atoms with van der Waals surface area (Å²) in [7, 11) is 0. The number of carbonyl (C=O) groups is 3. The molecule has 3 saturated heterocycles. The highest BCUT2D eigenvalue weighted by Gasteiger charge is 2.77. The number of thioether (sulfide) groups is 1. The molecule has 1 aromatic carbocycles. The number of ether oxygens (including phenoxy) is 1. The van der Waals surface area contributed by atoms with Crippen LogP contribution >= 0.6 is 11.8 Å². The Hall–Kier alpha value is -2.32. The summed E-state index contributed by atoms with van der Waals surface area (Å²) < 4.78 is 4.36. The number of nitrogens with zero attached hydrogens (tertiary/aromatic N) is 2. The van der Waals surface area contributed by atoms with Gasteiger partial charge in [0.25, 0.3) is 5.91 Å². The molecule has 3 heterocycles. The number of aliphatic hydroxyl groups is 1. The molecule has 1 aromatic rings. The van der Waals surface area contributed by atoms with Gasteiger partial charge in [-0.1, -0.05) is 18.2 Å². The Kier molecular flexibility index (Phi) is 8.10. The van der Waals surface area contributed by atoms with Gasteiger partial charge in [-0.3, -0.25) is 14.4 Å². The van der Waals surface area contributed by atoms with Gasteiger partial charge in [0.2, 0.25) is 5.91 Å². The van der Waals surface area contributed by atoms with Gasteiger partial charge in [-0.05, 0) is 77.0 Å². The largest absolute Gasteiger partial charge is 0.466 e. The highest BCUT2D eigenvalue weighted by atomic mass is 32.2. The maximum atomic E-state index is 14.6. The van der Waals surface area contributed by atoms with Crippen LogP contribution in [0.5, 0.6) is 0 Å². The molecule has 3 fully saturated rings. The molecule has 1 spiro atoms. The lowest BCUT2D eigenvalue weighted by Crippen LogP contribution is -2.55. The van der Waals surface area contributed by atoms with Crippen LogP contribution in [0.3, 0.4) is 0 Å². The van der Waals surface area contributed by atoms with Gasteiger partial charge in [0.15, 0.2) is 0 Å². The summed E-state index contributed by atoms with van der Waals surface area (Å²) in [5, 5.41) is 9.24. The third-order valence-electron chi connectivity index (χ3n) is 8.34. The van der Waals surface area contributed by atoms with E-state index in [4.69, 9.17) is 4.74 Å². The molecule has 4 rings (SSSR count). The van der Waals surface area contributed by atoms with Crippen LogP contribution < -0.4 is 4.90 Å². The first-order valence-corrected chi connectivity index (χ1v) is 14.2. The third kappa shape index (κ3) is 4.60. The van der Waals surface area contributed by atoms with Crippen molar-refractivity contribution in [1.29, 1.82) is 0 Å². The van der Waals surface area contributed by atoms with Crippen LogP contribution in [0.15, 0.2) is 30.9 Å². The van der Waals surface area contributed by atoms with Crippen LogP contribution in [0.25, 0.3) is 0 Å². The minimum absolute atomic E-state index is 0.0990. The third-order valence-corrected chi connectivity index (χ3v) is 10.3. The molecular weight excluding hydrogens is 488 g/mol. The lowest BCUT2D eigenvalue weighted by atomic mass is 9.66. The molecule has 0 aliphatic carbocycles. The van der Waals surface area contributed by atoms with Crippen molar-refractivity contribution >= 4 is 35.2 Å². The zero-order valence-corrected chi connectivity index (χ0v) is 23.3. The molecule has 5 atom stereocenters. The number of aliphatic hydroxyl groups excluding tert-OH is 1. The van der Waals surface area contributed by atoms with E-state index in [2.05, 4.69) is 13.5 Å². The van der Waals surface area contributed by atoms with Crippen molar-refractivity contribution in [2.75, 3.05) is 31.2 Å². The second kappa shape index (κ2) is 10.8. The van der Waals surface area contributed by atoms with Crippen LogP contribution in [-0.4, -0.2) is 69.6 Å². The van der Waals surface area contributed by atoms with Gasteiger partial charge in [0, 0.05) is 30.1 Å². The van der Waals surface area contributed by atoms with E-state index in [0.717, 1.165) is 29.7 Å². The smallest absolute Gasteiger partial charge is 0.311 e. The zero-order chi connectivity index (χ0) is 27.0. The van der Waals surface area contributed by atoms with Crippen LogP contribution in [0.2, 0.25) is 0 Å². The molecule has 0 aromatic heterocycles. The first-order chi connectivity index (χ1) is 17.6. The molecule has 0 saturated carbocycles. The predicted molar refractivity (Wildman–Crippen MR) is 146 cm³/mol. The molecular formula is C29H40N2O5S. The first-order valence-electron chi connectivity index (χ1n) is 13.4. The van der Waals surface area contributed by atoms with E-state index in [9.17, 15) is 19.5 Å². The van der Waals surface area contributed by atoms with E-state index < -0.39 is 27.4 Å². The normalized spacial score (nSPS) is 29.9. The summed E-state index contributed by atoms with van der Waals surface area (Å²) in [5.74, 6) is -1.71. The molecule has 3 aliphatic heterocycles. The summed E-state index contributed by atoms with van der Waals surface area (Å²) in [6.45, 7) is 12.8. The van der Waals surface area contributed by atoms with Gasteiger partial charge in [-0.2, -0.15) is 0 Å². The number of unbranched alkanes of at least 4 members (excludes halogenated alkanes) is 2. The van der Waals surface area contributed by atoms with E-state index in [1.165, 1.54) is 0 Å². The fourth-order valence-electron chi connectivity index (χ4n) is 6.70. The van der Waals surface area contributed by atoms with E-state index in [1.807, 2.05) is 32.0 Å². The average molecular weight is 529 g/mol. The van der Waals surface area contributed by atoms with Crippen LogP contribution in [0.4, 0.5) is 5.69 Å². The lowest BCUT2D eigenvalue weighted by molar-refractivity contribution is -0.155. The molecule has 0 radical (unpaired) electrons. The molecule has 8 heteroatoms. The monoisotopic (exact) mass is 528 g/mol. The summed E-state index contributed by atoms with van der Waals surface area (Å²) in [5.41, 5.74) is 2.85. The molecule has 2 amide bonds. The molecule has 7 nitrogen and oxygen atoms in total. The van der Waals surface area contributed by atoms with Crippen molar-refractivity contribution in [2.45, 2.75) is 75.3 Å². The summed E-state index contributed by atoms with van der Waals surface area (Å²) >= 11 is 1.66. The number of esters is 1. The van der Waals surface area contributed by atoms with Crippen molar-refractivity contribution in [3.8, 4) is 0 Å². The lowest BCUT2D eigenvalue weighted by Gasteiger charge is -2.37. The first kappa shape index (κ1) is 27.7. The van der Waals surface area contributed by atoms with Crippen molar-refractivity contribution in [3.63, 3.8) is 0 Å². The highest BCUT2D eigenvalue weighted by molar-refractivity contribution is 8.02. The Labute approximate surface area is 224 Å². The van der Waals surface area contributed by atoms with Gasteiger partial charge >= 0.3 is 5.97 Å². The number of carbonyl (C=O) groups excluding carboxylic acids is 3. The van der Waals surface area contributed by atoms with Crippen molar-refractivity contribution < 1.29 is 24.2 Å². The minimum Gasteiger partial charge on any atom is -0.466 e. The topological polar surface area (TPSA) is 87.2 Å². The highest BCUT2D eigenvalue weighted by Crippen LogP contribution is 2.71. The minimum atomic E-state index is -0.676. The Morgan fingerprint density at radius 2 is 2.03 bits per heavy atom. The van der Waals surface area contributed by atoms with Gasteiger partial charge in [-0.25, -0.2) is 0 Å². The number of anilines is 1. The Balaban J connectivity index is 1.78. The second-order valence-electron chi connectivity index (χ2n) is 10.8. The number of aryl methyl sites for hydroxylation is 2. The standard InChI is InChI=1S/C29H40N2O5S/c1-6-15-30(21-18-19(3)11-12-20(21)4)26(34)24-29-14-13-28(5,37-29)23(27(35)36-7-2)22(29)25(33)31(24)16-9-8-10-17-32/h6,11-12,18,22-24,32H,1,7-10,13-17H2,2-5H3/t22-,23+,24?,28-,29?/m0/s1. The van der Waals surface area contributed by atoms with Crippen molar-refractivity contribution in [3.05, 3.63) is 42.0 Å². The molecule has 1 N–H and O–H groups in total. The second-order valence-corrected chi connectivity index (χ2v) is 12.7. The van der Waals surface area contributed by atoms with E-state index in [1.54, 1.807) is 34.6 Å². The average Bonchev–Trinajstić information content (AvgIpc) is 3.42. The van der Waals surface area contributed by atoms with Gasteiger partial charge in [0.05, 0.1) is 23.2 Å². The van der Waals surface area contributed by atoms with Crippen LogP contribution in [0.1, 0.15) is 57.1 Å². The van der Waals surface area contributed by atoms with Crippen molar-refractivity contribution in [1.82, 2.24) is 4.90 Å². The zero-order valence-electron chi connectivity index (χ0n) is 22.5. The molecule has 2 bridgehead atoms. The van der Waals surface area contributed by atoms with Gasteiger partial charge in [0.1, 0.15) is 6.04 Å². The Morgan fingerprint density at radius 1 is 1.27 bits per heavy atom. The summed E-state index contributed by atoms with van der Waals surface area (Å²) in [6, 6.07) is 5.37. The number of likely N-dealkylation sites (tertiary alicyclic amines) is 1. The number of amides is 2. The van der Waals surface area contributed by atoms with Gasteiger partial charge in [-0.15, -0.1) is 18.3 Å². The Morgan fingerprint density at radius 3 is 2.70 bits per heavy atom. The Bertz CT molecular complexity index is 1080. The molecule has 202 valence electrons. The van der Waals surface area contributed by atoms with E-state index >= 15 is 0 Å². The summed E-state index contributed by atoms with van der Waals surface area (Å²) in [4.78, 5) is 45.4. The molecule has 37 heavy (non-hydrogen) atoms. The molecule has 2 unspecified atom stereocenters. The van der Waals surface area contributed by atoms with Gasteiger partial charge < -0.3 is 19.6 Å². The van der Waals surface area contributed by atoms with Crippen molar-refractivity contribution in [2.24, 2.45) is 11.8 Å². The SMILES string of the molecule is C=CCN(C(=O)C1N(CCCCCO)C(=O)[C@@H]2[C@H](C(=O)OCC)[C@]3(C)CCC12S3)c1cc(C)ccc1C. The maximum absolute atomic E-state index is 14.6. The van der Waals surface area contributed by atoms with E-state index in [0.29, 0.717) is 32.4 Å². The number of rotatable bonds is 11. The summed E-state index contributed by atoms with van der Waals surface area (Å²) in [6.07, 6.45) is 5.29. The number of benzene rings is 1. The van der Waals surface area contributed by atoms with Crippen LogP contribution in [-0.2, 0) is 19.1 Å². The predicted octanol–water partition coefficient (Wildman–Crippen LogP) is 4.03. The number of fused-ring (bicyclic) bond motifs is 1. The number of hydrogen-bond acceptors (Lipinski definition) is 6.